The Labute approximate surface area is 326 Å². The van der Waals surface area contributed by atoms with Crippen LogP contribution in [0.1, 0.15) is 92.6 Å². The molecule has 2 aromatic rings. The molecule has 13 atom stereocenters. The van der Waals surface area contributed by atoms with Gasteiger partial charge in [-0.1, -0.05) is 45.4 Å². The van der Waals surface area contributed by atoms with Crippen LogP contribution in [0.25, 0.3) is 10.9 Å². The number of aryl methyl sites for hydroxylation is 1. The van der Waals surface area contributed by atoms with Crippen molar-refractivity contribution in [2.75, 3.05) is 21.2 Å². The summed E-state index contributed by atoms with van der Waals surface area (Å²) < 4.78 is 25.0. The zero-order chi connectivity index (χ0) is 40.4. The van der Waals surface area contributed by atoms with Gasteiger partial charge in [-0.15, -0.1) is 0 Å². The molecule has 1 saturated carbocycles. The van der Waals surface area contributed by atoms with Gasteiger partial charge in [-0.05, 0) is 91.6 Å². The molecule has 5 rings (SSSR count). The Morgan fingerprint density at radius 1 is 1.00 bits per heavy atom. The van der Waals surface area contributed by atoms with Crippen LogP contribution in [0.3, 0.4) is 0 Å². The van der Waals surface area contributed by atoms with Crippen LogP contribution in [-0.4, -0.2) is 108 Å². The van der Waals surface area contributed by atoms with E-state index >= 15 is 0 Å². The molecule has 2 N–H and O–H groups in total. The van der Waals surface area contributed by atoms with Gasteiger partial charge in [0.25, 0.3) is 0 Å². The van der Waals surface area contributed by atoms with Gasteiger partial charge in [0.05, 0.1) is 35.3 Å². The number of Topliss-reactive ketones (excluding diaryl/α,β-unsaturated/α-hetero) is 3. The number of aliphatic hydroxyl groups excluding tert-OH is 1. The number of para-hydroxylation sites is 1. The van der Waals surface area contributed by atoms with Crippen molar-refractivity contribution in [3.63, 3.8) is 0 Å². The number of nitrogens with zero attached hydrogens (tertiary/aromatic N) is 2. The van der Waals surface area contributed by atoms with E-state index in [0.717, 1.165) is 35.7 Å². The maximum atomic E-state index is 14.4. The number of hydrogen-bond acceptors (Lipinski definition) is 11. The maximum Gasteiger partial charge on any atom is 0.408 e. The summed E-state index contributed by atoms with van der Waals surface area (Å²) >= 11 is 0. The number of hydrogen-bond donors (Lipinski definition) is 2. The second-order valence-electron chi connectivity index (χ2n) is 17.2. The van der Waals surface area contributed by atoms with Crippen LogP contribution in [0.4, 0.5) is 4.79 Å². The van der Waals surface area contributed by atoms with Gasteiger partial charge < -0.3 is 34.3 Å². The summed E-state index contributed by atoms with van der Waals surface area (Å²) in [5, 5.41) is 15.4. The molecule has 0 unspecified atom stereocenters. The zero-order valence-electron chi connectivity index (χ0n) is 34.4. The van der Waals surface area contributed by atoms with Crippen molar-refractivity contribution in [1.29, 1.82) is 0 Å². The predicted molar refractivity (Wildman–Crippen MR) is 208 cm³/mol. The molecule has 0 bridgehead atoms. The van der Waals surface area contributed by atoms with Crippen LogP contribution in [0.5, 0.6) is 0 Å². The topological polar surface area (TPSA) is 154 Å². The minimum atomic E-state index is -1.21. The molecule has 1 amide bonds. The van der Waals surface area contributed by atoms with Gasteiger partial charge in [-0.2, -0.15) is 0 Å². The smallest absolute Gasteiger partial charge is 0.408 e. The number of likely N-dealkylation sites (N-methyl/N-ethyl adjacent to an activating group) is 1. The van der Waals surface area contributed by atoms with Crippen molar-refractivity contribution < 1.29 is 43.2 Å². The molecule has 2 aliphatic heterocycles. The summed E-state index contributed by atoms with van der Waals surface area (Å²) in [6.45, 7) is 12.5. The third-order valence-electron chi connectivity index (χ3n) is 13.0. The predicted octanol–water partition coefficient (Wildman–Crippen LogP) is 5.69. The Hall–Kier alpha value is -3.29. The summed E-state index contributed by atoms with van der Waals surface area (Å²) in [7, 11) is 5.28. The fourth-order valence-corrected chi connectivity index (χ4v) is 9.44. The standard InChI is InChI=1S/C43H63N3O9/c1-24-22-42(6,52-10)39(54-40-37(50)33(46(8)9)19-25(2)53-40)28(5)36(49)26(3)34(47)21-31(43(7)38(27(4)35(24)48)45-41(51)55-43)17-13-11-15-29-20-30-16-12-14-18-32(30)44-23-29/h12,14,16,18,20,23-28,31,33,37-40,50H,11,13,15,17,19,21-22H2,1-10H3,(H,45,51)/t24-,25-,26+,27+,28+,31+,33+,37-,38-,39-,40+,42-,43-/m1/s1. The molecule has 1 aliphatic carbocycles. The van der Waals surface area contributed by atoms with Crippen LogP contribution in [0, 0.1) is 29.6 Å². The number of carbonyl (C=O) groups excluding carboxylic acids is 4. The molecule has 1 aromatic heterocycles. The van der Waals surface area contributed by atoms with Crippen LogP contribution in [0.15, 0.2) is 36.5 Å². The number of carbonyl (C=O) groups is 4. The number of amides is 1. The number of methoxy groups -OCH3 is 1. The average Bonchev–Trinajstić information content (AvgIpc) is 3.47. The third-order valence-corrected chi connectivity index (χ3v) is 13.0. The molecular formula is C43H63N3O9. The molecule has 3 fully saturated rings. The van der Waals surface area contributed by atoms with Gasteiger partial charge in [0, 0.05) is 54.8 Å². The van der Waals surface area contributed by atoms with Crippen LogP contribution in [-0.2, 0) is 39.8 Å². The molecule has 3 aliphatic rings. The number of alkyl carbamates (subject to hydrolysis) is 1. The number of unbranched alkanes of at least 4 members (excludes halogenated alkanes) is 1. The first-order valence-corrected chi connectivity index (χ1v) is 20.0. The van der Waals surface area contributed by atoms with Gasteiger partial charge in [-0.25, -0.2) is 4.79 Å². The summed E-state index contributed by atoms with van der Waals surface area (Å²) in [5.41, 5.74) is -0.352. The summed E-state index contributed by atoms with van der Waals surface area (Å²) in [5.74, 6) is -4.33. The lowest BCUT2D eigenvalue weighted by atomic mass is 9.69. The van der Waals surface area contributed by atoms with Gasteiger partial charge in [0.15, 0.2) is 6.29 Å². The molecule has 1 aromatic carbocycles. The highest BCUT2D eigenvalue weighted by atomic mass is 16.7. The number of pyridine rings is 1. The maximum absolute atomic E-state index is 14.4. The SMILES string of the molecule is CO[C@]1(C)C[C@@H](C)C(=O)[C@H](C)[C@H]2NC(=O)O[C@]2(C)[C@@H](CCCCc2cnc3ccccc3c2)CC(=O)[C@H](C)C(=O)[C@H](C)[C@H]1O[C@@H]1O[C@H](C)C[C@H](N(C)C)[C@H]1O. The lowest BCUT2D eigenvalue weighted by molar-refractivity contribution is -0.295. The lowest BCUT2D eigenvalue weighted by Gasteiger charge is -2.47. The monoisotopic (exact) mass is 765 g/mol. The van der Waals surface area contributed by atoms with Gasteiger partial charge in [-0.3, -0.25) is 19.4 Å². The first-order valence-electron chi connectivity index (χ1n) is 20.0. The first-order chi connectivity index (χ1) is 25.9. The number of ether oxygens (including phenoxy) is 4. The van der Waals surface area contributed by atoms with Gasteiger partial charge >= 0.3 is 6.09 Å². The molecule has 2 saturated heterocycles. The molecule has 55 heavy (non-hydrogen) atoms. The second-order valence-corrected chi connectivity index (χ2v) is 17.2. The quantitative estimate of drug-likeness (QED) is 0.239. The highest BCUT2D eigenvalue weighted by Crippen LogP contribution is 2.43. The highest BCUT2D eigenvalue weighted by Gasteiger charge is 2.56. The van der Waals surface area contributed by atoms with E-state index in [1.54, 1.807) is 27.7 Å². The van der Waals surface area contributed by atoms with Crippen molar-refractivity contribution in [2.24, 2.45) is 29.6 Å². The minimum absolute atomic E-state index is 0.0187. The largest absolute Gasteiger partial charge is 0.441 e. The van der Waals surface area contributed by atoms with Gasteiger partial charge in [0.2, 0.25) is 0 Å². The van der Waals surface area contributed by atoms with Gasteiger partial charge in [0.1, 0.15) is 29.1 Å². The van der Waals surface area contributed by atoms with E-state index in [9.17, 15) is 24.3 Å². The Morgan fingerprint density at radius 2 is 1.71 bits per heavy atom. The molecule has 0 spiro atoms. The Balaban J connectivity index is 1.45. The molecule has 3 heterocycles. The van der Waals surface area contributed by atoms with E-state index in [-0.39, 0.29) is 42.3 Å². The van der Waals surface area contributed by atoms with Crippen molar-refractivity contribution in [3.05, 3.63) is 42.1 Å². The Morgan fingerprint density at radius 3 is 2.40 bits per heavy atom. The number of rotatable bonds is 9. The fourth-order valence-electron chi connectivity index (χ4n) is 9.44. The number of aromatic nitrogens is 1. The fraction of sp³-hybridized carbons (Fsp3) is 0.698. The number of aliphatic hydroxyl groups is 1. The minimum Gasteiger partial charge on any atom is -0.441 e. The summed E-state index contributed by atoms with van der Waals surface area (Å²) in [6, 6.07) is 9.16. The van der Waals surface area contributed by atoms with E-state index in [4.69, 9.17) is 18.9 Å². The Kier molecular flexibility index (Phi) is 13.6. The van der Waals surface area contributed by atoms with Crippen molar-refractivity contribution >= 4 is 34.3 Å². The van der Waals surface area contributed by atoms with Crippen LogP contribution in [0.2, 0.25) is 0 Å². The second kappa shape index (κ2) is 17.5. The average molecular weight is 766 g/mol. The third kappa shape index (κ3) is 9.14. The number of nitrogens with one attached hydrogen (secondary N) is 1. The molecular weight excluding hydrogens is 702 g/mol. The highest BCUT2D eigenvalue weighted by molar-refractivity contribution is 6.03. The van der Waals surface area contributed by atoms with E-state index in [0.29, 0.717) is 12.8 Å². The van der Waals surface area contributed by atoms with E-state index < -0.39 is 71.4 Å². The summed E-state index contributed by atoms with van der Waals surface area (Å²) in [6.07, 6.45) is 1.52. The lowest BCUT2D eigenvalue weighted by Crippen LogP contribution is -2.59. The van der Waals surface area contributed by atoms with Crippen molar-refractivity contribution in [3.8, 4) is 0 Å². The van der Waals surface area contributed by atoms with E-state index in [1.165, 1.54) is 7.11 Å². The zero-order valence-corrected chi connectivity index (χ0v) is 34.4. The summed E-state index contributed by atoms with van der Waals surface area (Å²) in [4.78, 5) is 62.7. The molecule has 12 heteroatoms. The van der Waals surface area contributed by atoms with Crippen LogP contribution >= 0.6 is 0 Å². The number of ketones is 3. The van der Waals surface area contributed by atoms with Crippen molar-refractivity contribution in [1.82, 2.24) is 15.2 Å². The van der Waals surface area contributed by atoms with E-state index in [1.807, 2.05) is 70.2 Å². The number of benzene rings is 1. The van der Waals surface area contributed by atoms with Crippen LogP contribution < -0.4 is 5.32 Å². The molecule has 0 radical (unpaired) electrons. The first kappa shape index (κ1) is 42.8. The molecule has 12 nitrogen and oxygen atoms in total. The Bertz CT molecular complexity index is 1700. The van der Waals surface area contributed by atoms with E-state index in [2.05, 4.69) is 16.4 Å². The number of fused-ring (bicyclic) bond motifs is 2. The van der Waals surface area contributed by atoms with Crippen molar-refractivity contribution in [2.45, 2.75) is 141 Å². The normalized spacial score (nSPS) is 38.1. The molecule has 304 valence electrons.